The standard InChI is InChI=1S/C9H14N2/c1-3-11-7-4-8(10-11)9(2)5-6-9/h4,7H,3,5-6H2,1-2H3. The first-order valence-electron chi connectivity index (χ1n) is 4.28. The Morgan fingerprint density at radius 3 is 2.82 bits per heavy atom. The quantitative estimate of drug-likeness (QED) is 0.630. The Balaban J connectivity index is 2.25. The summed E-state index contributed by atoms with van der Waals surface area (Å²) >= 11 is 0. The van der Waals surface area contributed by atoms with Crippen LogP contribution in [0.2, 0.25) is 0 Å². The summed E-state index contributed by atoms with van der Waals surface area (Å²) in [7, 11) is 0. The van der Waals surface area contributed by atoms with Gasteiger partial charge in [0.1, 0.15) is 0 Å². The van der Waals surface area contributed by atoms with Gasteiger partial charge in [-0.25, -0.2) is 0 Å². The predicted octanol–water partition coefficient (Wildman–Crippen LogP) is 1.95. The number of hydrogen-bond donors (Lipinski definition) is 0. The molecule has 2 rings (SSSR count). The van der Waals surface area contributed by atoms with Crippen molar-refractivity contribution in [3.05, 3.63) is 18.0 Å². The number of hydrogen-bond acceptors (Lipinski definition) is 1. The van der Waals surface area contributed by atoms with Gasteiger partial charge in [-0.1, -0.05) is 6.92 Å². The van der Waals surface area contributed by atoms with E-state index in [9.17, 15) is 0 Å². The van der Waals surface area contributed by atoms with Gasteiger partial charge in [0.25, 0.3) is 0 Å². The van der Waals surface area contributed by atoms with E-state index in [0.717, 1.165) is 6.54 Å². The molecule has 0 amide bonds. The molecule has 1 fully saturated rings. The van der Waals surface area contributed by atoms with E-state index < -0.39 is 0 Å². The van der Waals surface area contributed by atoms with Crippen molar-refractivity contribution in [2.75, 3.05) is 0 Å². The van der Waals surface area contributed by atoms with Crippen LogP contribution in [-0.2, 0) is 12.0 Å². The Kier molecular flexibility index (Phi) is 1.31. The van der Waals surface area contributed by atoms with Crippen molar-refractivity contribution >= 4 is 0 Å². The number of aryl methyl sites for hydroxylation is 1. The molecule has 0 aromatic carbocycles. The first-order chi connectivity index (χ1) is 5.24. The van der Waals surface area contributed by atoms with Gasteiger partial charge in [0.05, 0.1) is 5.69 Å². The van der Waals surface area contributed by atoms with Gasteiger partial charge in [-0.05, 0) is 25.8 Å². The number of rotatable bonds is 2. The smallest absolute Gasteiger partial charge is 0.0683 e. The topological polar surface area (TPSA) is 17.8 Å². The minimum atomic E-state index is 0.431. The van der Waals surface area contributed by atoms with Gasteiger partial charge < -0.3 is 0 Å². The molecule has 1 aliphatic carbocycles. The Bertz CT molecular complexity index is 258. The van der Waals surface area contributed by atoms with Crippen LogP contribution in [0.25, 0.3) is 0 Å². The Morgan fingerprint density at radius 1 is 1.64 bits per heavy atom. The van der Waals surface area contributed by atoms with Gasteiger partial charge in [0.15, 0.2) is 0 Å². The van der Waals surface area contributed by atoms with Crippen molar-refractivity contribution in [1.82, 2.24) is 9.78 Å². The molecule has 0 aliphatic heterocycles. The van der Waals surface area contributed by atoms with Crippen LogP contribution in [0.15, 0.2) is 12.3 Å². The summed E-state index contributed by atoms with van der Waals surface area (Å²) in [6.07, 6.45) is 4.69. The monoisotopic (exact) mass is 150 g/mol. The van der Waals surface area contributed by atoms with Crippen LogP contribution in [0.1, 0.15) is 32.4 Å². The zero-order valence-electron chi connectivity index (χ0n) is 7.17. The van der Waals surface area contributed by atoms with E-state index >= 15 is 0 Å². The lowest BCUT2D eigenvalue weighted by atomic mass is 10.1. The minimum absolute atomic E-state index is 0.431. The number of aromatic nitrogens is 2. The van der Waals surface area contributed by atoms with Crippen molar-refractivity contribution < 1.29 is 0 Å². The zero-order chi connectivity index (χ0) is 7.90. The highest BCUT2D eigenvalue weighted by Crippen LogP contribution is 2.46. The molecule has 0 bridgehead atoms. The highest BCUT2D eigenvalue weighted by molar-refractivity contribution is 5.21. The SMILES string of the molecule is CCn1ccc(C2(C)CC2)n1. The van der Waals surface area contributed by atoms with E-state index in [1.54, 1.807) is 0 Å². The van der Waals surface area contributed by atoms with Crippen LogP contribution >= 0.6 is 0 Å². The first-order valence-corrected chi connectivity index (χ1v) is 4.28. The van der Waals surface area contributed by atoms with E-state index in [1.165, 1.54) is 18.5 Å². The lowest BCUT2D eigenvalue weighted by molar-refractivity contribution is 0.622. The van der Waals surface area contributed by atoms with Gasteiger partial charge in [0, 0.05) is 18.2 Å². The Labute approximate surface area is 67.2 Å². The van der Waals surface area contributed by atoms with Crippen LogP contribution in [0.4, 0.5) is 0 Å². The Hall–Kier alpha value is -0.790. The third-order valence-electron chi connectivity index (χ3n) is 2.58. The second-order valence-corrected chi connectivity index (χ2v) is 3.62. The molecule has 60 valence electrons. The summed E-state index contributed by atoms with van der Waals surface area (Å²) in [6.45, 7) is 5.39. The maximum atomic E-state index is 4.48. The summed E-state index contributed by atoms with van der Waals surface area (Å²) in [5.41, 5.74) is 1.71. The van der Waals surface area contributed by atoms with Gasteiger partial charge in [-0.15, -0.1) is 0 Å². The zero-order valence-corrected chi connectivity index (χ0v) is 7.17. The predicted molar refractivity (Wildman–Crippen MR) is 44.5 cm³/mol. The van der Waals surface area contributed by atoms with E-state index in [0.29, 0.717) is 5.41 Å². The van der Waals surface area contributed by atoms with Crippen molar-refractivity contribution in [3.8, 4) is 0 Å². The van der Waals surface area contributed by atoms with Crippen molar-refractivity contribution in [3.63, 3.8) is 0 Å². The molecular formula is C9H14N2. The number of nitrogens with zero attached hydrogens (tertiary/aromatic N) is 2. The van der Waals surface area contributed by atoms with Crippen LogP contribution in [0.5, 0.6) is 0 Å². The molecule has 2 heteroatoms. The van der Waals surface area contributed by atoms with Crippen LogP contribution < -0.4 is 0 Å². The highest BCUT2D eigenvalue weighted by Gasteiger charge is 2.40. The molecule has 0 unspecified atom stereocenters. The van der Waals surface area contributed by atoms with Gasteiger partial charge in [-0.3, -0.25) is 4.68 Å². The summed E-state index contributed by atoms with van der Waals surface area (Å²) in [5, 5.41) is 4.48. The molecule has 0 atom stereocenters. The first kappa shape index (κ1) is 6.89. The summed E-state index contributed by atoms with van der Waals surface area (Å²) in [6, 6.07) is 2.15. The molecule has 0 radical (unpaired) electrons. The Morgan fingerprint density at radius 2 is 2.36 bits per heavy atom. The third kappa shape index (κ3) is 1.06. The van der Waals surface area contributed by atoms with Crippen LogP contribution in [-0.4, -0.2) is 9.78 Å². The molecule has 1 aliphatic rings. The van der Waals surface area contributed by atoms with Crippen LogP contribution in [0.3, 0.4) is 0 Å². The lowest BCUT2D eigenvalue weighted by Crippen LogP contribution is -2.03. The van der Waals surface area contributed by atoms with E-state index in [-0.39, 0.29) is 0 Å². The molecule has 11 heavy (non-hydrogen) atoms. The molecule has 0 saturated heterocycles. The lowest BCUT2D eigenvalue weighted by Gasteiger charge is -2.01. The summed E-state index contributed by atoms with van der Waals surface area (Å²) < 4.78 is 2.00. The normalized spacial score (nSPS) is 20.2. The second kappa shape index (κ2) is 2.10. The molecule has 1 saturated carbocycles. The second-order valence-electron chi connectivity index (χ2n) is 3.62. The molecule has 1 aromatic heterocycles. The van der Waals surface area contributed by atoms with E-state index in [4.69, 9.17) is 0 Å². The van der Waals surface area contributed by atoms with Crippen LogP contribution in [0, 0.1) is 0 Å². The molecule has 1 heterocycles. The fraction of sp³-hybridized carbons (Fsp3) is 0.667. The van der Waals surface area contributed by atoms with Gasteiger partial charge in [0.2, 0.25) is 0 Å². The minimum Gasteiger partial charge on any atom is -0.273 e. The van der Waals surface area contributed by atoms with E-state index in [1.807, 2.05) is 4.68 Å². The summed E-state index contributed by atoms with van der Waals surface area (Å²) in [5.74, 6) is 0. The average Bonchev–Trinajstić information content (AvgIpc) is 2.61. The van der Waals surface area contributed by atoms with E-state index in [2.05, 4.69) is 31.2 Å². The van der Waals surface area contributed by atoms with Gasteiger partial charge >= 0.3 is 0 Å². The molecular weight excluding hydrogens is 136 g/mol. The fourth-order valence-corrected chi connectivity index (χ4v) is 1.30. The molecule has 0 spiro atoms. The third-order valence-corrected chi connectivity index (χ3v) is 2.58. The van der Waals surface area contributed by atoms with Crippen molar-refractivity contribution in [2.45, 2.75) is 38.6 Å². The molecule has 1 aromatic rings. The molecule has 2 nitrogen and oxygen atoms in total. The maximum Gasteiger partial charge on any atom is 0.0683 e. The summed E-state index contributed by atoms with van der Waals surface area (Å²) in [4.78, 5) is 0. The largest absolute Gasteiger partial charge is 0.273 e. The molecule has 0 N–H and O–H groups in total. The van der Waals surface area contributed by atoms with Crippen molar-refractivity contribution in [1.29, 1.82) is 0 Å². The maximum absolute atomic E-state index is 4.48. The highest BCUT2D eigenvalue weighted by atomic mass is 15.3. The fourth-order valence-electron chi connectivity index (χ4n) is 1.30. The van der Waals surface area contributed by atoms with Crippen molar-refractivity contribution in [2.24, 2.45) is 0 Å². The average molecular weight is 150 g/mol. The van der Waals surface area contributed by atoms with Gasteiger partial charge in [-0.2, -0.15) is 5.10 Å².